The molecule has 3 aromatic rings. The molecule has 1 aromatic carbocycles. The standard InChI is InChI=1S/C22H28FN3OS/c1-5-8-18-24-21-20(22(27)26(18)14-13-25(6-2)7-3)19(15(4)28-21)16-9-11-17(23)12-10-16/h9-12H,5-8,13-14H2,1-4H3. The van der Waals surface area contributed by atoms with Crippen LogP contribution in [0.25, 0.3) is 21.3 Å². The molecule has 0 aliphatic carbocycles. The van der Waals surface area contributed by atoms with Crippen LogP contribution in [0.4, 0.5) is 4.39 Å². The van der Waals surface area contributed by atoms with Crippen molar-refractivity contribution in [2.75, 3.05) is 19.6 Å². The van der Waals surface area contributed by atoms with Gasteiger partial charge in [-0.1, -0.05) is 32.9 Å². The summed E-state index contributed by atoms with van der Waals surface area (Å²) in [5.41, 5.74) is 1.77. The third kappa shape index (κ3) is 4.03. The molecule has 0 bridgehead atoms. The van der Waals surface area contributed by atoms with Crippen molar-refractivity contribution in [2.24, 2.45) is 0 Å². The molecular formula is C22H28FN3OS. The Labute approximate surface area is 169 Å². The highest BCUT2D eigenvalue weighted by atomic mass is 32.1. The van der Waals surface area contributed by atoms with Crippen molar-refractivity contribution in [1.82, 2.24) is 14.5 Å². The molecule has 2 heterocycles. The van der Waals surface area contributed by atoms with Crippen molar-refractivity contribution in [3.8, 4) is 11.1 Å². The van der Waals surface area contributed by atoms with E-state index in [1.54, 1.807) is 23.5 Å². The molecule has 3 rings (SSSR count). The van der Waals surface area contributed by atoms with Crippen LogP contribution in [-0.2, 0) is 13.0 Å². The number of benzene rings is 1. The minimum Gasteiger partial charge on any atom is -0.302 e. The lowest BCUT2D eigenvalue weighted by atomic mass is 10.0. The highest BCUT2D eigenvalue weighted by Crippen LogP contribution is 2.35. The lowest BCUT2D eigenvalue weighted by Gasteiger charge is -2.20. The number of fused-ring (bicyclic) bond motifs is 1. The SMILES string of the molecule is CCCc1nc2sc(C)c(-c3ccc(F)cc3)c2c(=O)n1CCN(CC)CC. The smallest absolute Gasteiger partial charge is 0.262 e. The summed E-state index contributed by atoms with van der Waals surface area (Å²) in [6.45, 7) is 11.8. The Morgan fingerprint density at radius 3 is 2.43 bits per heavy atom. The molecule has 28 heavy (non-hydrogen) atoms. The van der Waals surface area contributed by atoms with Crippen molar-refractivity contribution >= 4 is 21.6 Å². The third-order valence-electron chi connectivity index (χ3n) is 5.21. The van der Waals surface area contributed by atoms with Gasteiger partial charge in [0.15, 0.2) is 0 Å². The van der Waals surface area contributed by atoms with Gasteiger partial charge < -0.3 is 4.90 Å². The number of rotatable bonds is 8. The Bertz CT molecular complexity index is 1000. The first-order chi connectivity index (χ1) is 13.5. The van der Waals surface area contributed by atoms with Crippen molar-refractivity contribution in [3.05, 3.63) is 51.1 Å². The molecule has 0 atom stereocenters. The summed E-state index contributed by atoms with van der Waals surface area (Å²) < 4.78 is 15.2. The molecule has 0 radical (unpaired) electrons. The van der Waals surface area contributed by atoms with E-state index in [9.17, 15) is 9.18 Å². The van der Waals surface area contributed by atoms with E-state index in [0.29, 0.717) is 11.9 Å². The second-order valence-electron chi connectivity index (χ2n) is 6.98. The minimum absolute atomic E-state index is 0.0179. The zero-order chi connectivity index (χ0) is 20.3. The van der Waals surface area contributed by atoms with Gasteiger partial charge in [-0.05, 0) is 44.1 Å². The normalized spacial score (nSPS) is 11.6. The van der Waals surface area contributed by atoms with Crippen LogP contribution in [0.2, 0.25) is 0 Å². The predicted molar refractivity (Wildman–Crippen MR) is 116 cm³/mol. The van der Waals surface area contributed by atoms with E-state index < -0.39 is 0 Å². The Balaban J connectivity index is 2.17. The molecular weight excluding hydrogens is 373 g/mol. The fourth-order valence-electron chi connectivity index (χ4n) is 3.63. The molecule has 4 nitrogen and oxygen atoms in total. The van der Waals surface area contributed by atoms with E-state index in [-0.39, 0.29) is 11.4 Å². The molecule has 0 saturated carbocycles. The maximum Gasteiger partial charge on any atom is 0.262 e. The maximum atomic E-state index is 13.5. The highest BCUT2D eigenvalue weighted by molar-refractivity contribution is 7.19. The molecule has 0 aliphatic heterocycles. The first-order valence-electron chi connectivity index (χ1n) is 10.0. The number of nitrogens with zero attached hydrogens (tertiary/aromatic N) is 3. The number of likely N-dealkylation sites (N-methyl/N-ethyl adjacent to an activating group) is 1. The average Bonchev–Trinajstić information content (AvgIpc) is 3.01. The predicted octanol–water partition coefficient (Wildman–Crippen LogP) is 4.87. The molecule has 0 saturated heterocycles. The molecule has 2 aromatic heterocycles. The Morgan fingerprint density at radius 2 is 1.82 bits per heavy atom. The van der Waals surface area contributed by atoms with E-state index in [1.165, 1.54) is 12.1 Å². The minimum atomic E-state index is -0.277. The van der Waals surface area contributed by atoms with Crippen LogP contribution in [-0.4, -0.2) is 34.1 Å². The molecule has 0 N–H and O–H groups in total. The summed E-state index contributed by atoms with van der Waals surface area (Å²) in [5.74, 6) is 0.583. The van der Waals surface area contributed by atoms with Crippen molar-refractivity contribution in [3.63, 3.8) is 0 Å². The number of halogens is 1. The number of hydrogen-bond donors (Lipinski definition) is 0. The monoisotopic (exact) mass is 401 g/mol. The lowest BCUT2D eigenvalue weighted by molar-refractivity contribution is 0.287. The lowest BCUT2D eigenvalue weighted by Crippen LogP contribution is -2.33. The van der Waals surface area contributed by atoms with Crippen LogP contribution in [0.3, 0.4) is 0 Å². The van der Waals surface area contributed by atoms with Gasteiger partial charge in [-0.2, -0.15) is 0 Å². The van der Waals surface area contributed by atoms with Crippen LogP contribution in [0.15, 0.2) is 29.1 Å². The summed E-state index contributed by atoms with van der Waals surface area (Å²) in [6, 6.07) is 6.36. The quantitative estimate of drug-likeness (QED) is 0.541. The highest BCUT2D eigenvalue weighted by Gasteiger charge is 2.19. The fourth-order valence-corrected chi connectivity index (χ4v) is 4.68. The van der Waals surface area contributed by atoms with Gasteiger partial charge in [0.25, 0.3) is 5.56 Å². The molecule has 0 spiro atoms. The van der Waals surface area contributed by atoms with Crippen molar-refractivity contribution < 1.29 is 4.39 Å². The molecule has 0 amide bonds. The van der Waals surface area contributed by atoms with Gasteiger partial charge in [-0.3, -0.25) is 9.36 Å². The van der Waals surface area contributed by atoms with E-state index in [1.807, 2.05) is 11.5 Å². The molecule has 150 valence electrons. The van der Waals surface area contributed by atoms with Crippen LogP contribution in [0.1, 0.15) is 37.9 Å². The Kier molecular flexibility index (Phi) is 6.62. The first-order valence-corrected chi connectivity index (χ1v) is 10.8. The summed E-state index contributed by atoms with van der Waals surface area (Å²) >= 11 is 1.55. The van der Waals surface area contributed by atoms with Gasteiger partial charge in [-0.25, -0.2) is 9.37 Å². The Morgan fingerprint density at radius 1 is 1.14 bits per heavy atom. The number of hydrogen-bond acceptors (Lipinski definition) is 4. The van der Waals surface area contributed by atoms with E-state index in [4.69, 9.17) is 4.98 Å². The largest absolute Gasteiger partial charge is 0.302 e. The van der Waals surface area contributed by atoms with E-state index in [2.05, 4.69) is 25.7 Å². The van der Waals surface area contributed by atoms with E-state index >= 15 is 0 Å². The van der Waals surface area contributed by atoms with Crippen molar-refractivity contribution in [2.45, 2.75) is 47.1 Å². The number of thiophene rings is 1. The fraction of sp³-hybridized carbons (Fsp3) is 0.455. The van der Waals surface area contributed by atoms with E-state index in [0.717, 1.165) is 59.1 Å². The first kappa shape index (κ1) is 20.7. The molecule has 0 unspecified atom stereocenters. The Hall–Kier alpha value is -2.05. The number of aromatic nitrogens is 2. The third-order valence-corrected chi connectivity index (χ3v) is 6.21. The van der Waals surface area contributed by atoms with Gasteiger partial charge in [0.05, 0.1) is 5.39 Å². The second kappa shape index (κ2) is 8.97. The molecule has 0 fully saturated rings. The van der Waals surface area contributed by atoms with Crippen LogP contribution in [0.5, 0.6) is 0 Å². The average molecular weight is 402 g/mol. The van der Waals surface area contributed by atoms with Gasteiger partial charge in [0, 0.05) is 30.0 Å². The van der Waals surface area contributed by atoms with Gasteiger partial charge in [-0.15, -0.1) is 11.3 Å². The van der Waals surface area contributed by atoms with Gasteiger partial charge in [0.1, 0.15) is 16.5 Å². The van der Waals surface area contributed by atoms with Gasteiger partial charge in [0.2, 0.25) is 0 Å². The molecule has 6 heteroatoms. The summed E-state index contributed by atoms with van der Waals surface area (Å²) in [5, 5.41) is 0.661. The van der Waals surface area contributed by atoms with Gasteiger partial charge >= 0.3 is 0 Å². The second-order valence-corrected chi connectivity index (χ2v) is 8.19. The summed E-state index contributed by atoms with van der Waals surface area (Å²) in [7, 11) is 0. The van der Waals surface area contributed by atoms with Crippen LogP contribution >= 0.6 is 11.3 Å². The van der Waals surface area contributed by atoms with Crippen LogP contribution in [0, 0.1) is 12.7 Å². The summed E-state index contributed by atoms with van der Waals surface area (Å²) in [6.07, 6.45) is 1.73. The number of aryl methyl sites for hydroxylation is 2. The zero-order valence-electron chi connectivity index (χ0n) is 17.1. The molecule has 0 aliphatic rings. The topological polar surface area (TPSA) is 38.1 Å². The maximum absolute atomic E-state index is 13.5. The summed E-state index contributed by atoms with van der Waals surface area (Å²) in [4.78, 5) is 22.5. The van der Waals surface area contributed by atoms with Crippen molar-refractivity contribution in [1.29, 1.82) is 0 Å². The zero-order valence-corrected chi connectivity index (χ0v) is 17.9. The van der Waals surface area contributed by atoms with Crippen LogP contribution < -0.4 is 5.56 Å².